The van der Waals surface area contributed by atoms with Gasteiger partial charge >= 0.3 is 0 Å². The van der Waals surface area contributed by atoms with Crippen LogP contribution in [0.4, 0.5) is 0 Å². The number of nitrogens with zero attached hydrogens (tertiary/aromatic N) is 1. The van der Waals surface area contributed by atoms with Crippen LogP contribution in [0.2, 0.25) is 5.02 Å². The van der Waals surface area contributed by atoms with Crippen LogP contribution in [0.15, 0.2) is 78.9 Å². The van der Waals surface area contributed by atoms with E-state index in [1.807, 2.05) is 66.7 Å². The van der Waals surface area contributed by atoms with Crippen molar-refractivity contribution in [3.63, 3.8) is 0 Å². The molecule has 0 aromatic heterocycles. The molecule has 0 radical (unpaired) electrons. The minimum atomic E-state index is -0.0868. The maximum Gasteiger partial charge on any atom is 0.150 e. The fraction of sp³-hybridized carbons (Fsp3) is 0.0500. The van der Waals surface area contributed by atoms with E-state index in [0.29, 0.717) is 16.3 Å². The highest BCUT2D eigenvalue weighted by molar-refractivity contribution is 6.31. The highest BCUT2D eigenvalue weighted by atomic mass is 35.5. The van der Waals surface area contributed by atoms with Crippen molar-refractivity contribution in [3.05, 3.63) is 101 Å². The highest BCUT2D eigenvalue weighted by Gasteiger charge is 2.13. The van der Waals surface area contributed by atoms with E-state index in [-0.39, 0.29) is 6.04 Å². The second kappa shape index (κ2) is 8.32. The first-order valence-corrected chi connectivity index (χ1v) is 8.12. The lowest BCUT2D eigenvalue weighted by atomic mass is 10.00. The van der Waals surface area contributed by atoms with Crippen LogP contribution in [0.1, 0.15) is 22.7 Å². The van der Waals surface area contributed by atoms with Gasteiger partial charge in [0.1, 0.15) is 6.07 Å². The Morgan fingerprint density at radius 2 is 1.48 bits per heavy atom. The van der Waals surface area contributed by atoms with Crippen molar-refractivity contribution < 1.29 is 4.84 Å². The summed E-state index contributed by atoms with van der Waals surface area (Å²) in [6.07, 6.45) is 0. The van der Waals surface area contributed by atoms with Crippen molar-refractivity contribution in [2.45, 2.75) is 6.04 Å². The van der Waals surface area contributed by atoms with Gasteiger partial charge in [-0.2, -0.15) is 5.26 Å². The Balaban J connectivity index is 1.71. The maximum absolute atomic E-state index is 8.91. The van der Waals surface area contributed by atoms with Gasteiger partial charge in [0.2, 0.25) is 0 Å². The van der Waals surface area contributed by atoms with E-state index in [0.717, 1.165) is 11.1 Å². The summed E-state index contributed by atoms with van der Waals surface area (Å²) in [7, 11) is 0. The van der Waals surface area contributed by atoms with Gasteiger partial charge < -0.3 is 4.84 Å². The third kappa shape index (κ3) is 4.37. The molecule has 4 nitrogen and oxygen atoms in total. The van der Waals surface area contributed by atoms with Crippen LogP contribution in [-0.2, 0) is 0 Å². The zero-order chi connectivity index (χ0) is 17.5. The summed E-state index contributed by atoms with van der Waals surface area (Å²) in [4.78, 5) is 5.50. The molecule has 0 spiro atoms. The van der Waals surface area contributed by atoms with E-state index in [2.05, 4.69) is 11.0 Å². The van der Waals surface area contributed by atoms with Gasteiger partial charge in [0.15, 0.2) is 5.75 Å². The maximum atomic E-state index is 8.91. The zero-order valence-electron chi connectivity index (χ0n) is 13.3. The predicted molar refractivity (Wildman–Crippen MR) is 97.8 cm³/mol. The van der Waals surface area contributed by atoms with Crippen molar-refractivity contribution in [1.82, 2.24) is 11.0 Å². The Bertz CT molecular complexity index is 824. The molecule has 0 saturated carbocycles. The number of hydrazine groups is 1. The smallest absolute Gasteiger partial charge is 0.150 e. The molecule has 0 saturated heterocycles. The van der Waals surface area contributed by atoms with Gasteiger partial charge in [-0.15, -0.1) is 0 Å². The van der Waals surface area contributed by atoms with Gasteiger partial charge in [0, 0.05) is 6.07 Å². The Morgan fingerprint density at radius 3 is 2.00 bits per heavy atom. The molecule has 0 aliphatic carbocycles. The van der Waals surface area contributed by atoms with Crippen molar-refractivity contribution >= 4 is 11.6 Å². The fourth-order valence-corrected chi connectivity index (χ4v) is 2.66. The molecule has 0 aliphatic rings. The lowest BCUT2D eigenvalue weighted by Gasteiger charge is -2.20. The van der Waals surface area contributed by atoms with Crippen LogP contribution in [0.5, 0.6) is 5.75 Å². The molecule has 0 aliphatic heterocycles. The van der Waals surface area contributed by atoms with E-state index in [4.69, 9.17) is 21.7 Å². The van der Waals surface area contributed by atoms with E-state index >= 15 is 0 Å². The van der Waals surface area contributed by atoms with Gasteiger partial charge in [-0.25, -0.2) is 5.43 Å². The molecule has 3 aromatic rings. The fourth-order valence-electron chi connectivity index (χ4n) is 2.45. The zero-order valence-corrected chi connectivity index (χ0v) is 14.1. The summed E-state index contributed by atoms with van der Waals surface area (Å²) in [5.74, 6) is 0.511. The number of hydrogen-bond acceptors (Lipinski definition) is 4. The topological polar surface area (TPSA) is 57.1 Å². The Kier molecular flexibility index (Phi) is 5.65. The van der Waals surface area contributed by atoms with E-state index in [1.54, 1.807) is 18.2 Å². The summed E-state index contributed by atoms with van der Waals surface area (Å²) >= 11 is 6.01. The molecule has 3 aromatic carbocycles. The summed E-state index contributed by atoms with van der Waals surface area (Å²) in [5.41, 5.74) is 8.55. The molecule has 124 valence electrons. The lowest BCUT2D eigenvalue weighted by Crippen LogP contribution is -2.38. The van der Waals surface area contributed by atoms with Crippen LogP contribution in [0, 0.1) is 11.3 Å². The highest BCUT2D eigenvalue weighted by Crippen LogP contribution is 2.23. The van der Waals surface area contributed by atoms with Gasteiger partial charge in [-0.05, 0) is 23.3 Å². The van der Waals surface area contributed by atoms with Gasteiger partial charge in [0.25, 0.3) is 0 Å². The molecule has 0 heterocycles. The van der Waals surface area contributed by atoms with E-state index in [9.17, 15) is 0 Å². The summed E-state index contributed by atoms with van der Waals surface area (Å²) in [6, 6.07) is 26.9. The molecule has 5 heteroatoms. The van der Waals surface area contributed by atoms with Crippen molar-refractivity contribution in [3.8, 4) is 11.8 Å². The van der Waals surface area contributed by atoms with Crippen molar-refractivity contribution in [1.29, 1.82) is 5.26 Å². The number of nitriles is 1. The molecule has 0 bridgehead atoms. The standard InChI is InChI=1S/C20H16ClN3O/c21-19-13-18(12-11-17(19)14-22)25-24-23-20(15-7-3-1-4-8-15)16-9-5-2-6-10-16/h1-13,20,23-24H. The van der Waals surface area contributed by atoms with Crippen molar-refractivity contribution in [2.24, 2.45) is 0 Å². The Hall–Kier alpha value is -2.84. The SMILES string of the molecule is N#Cc1ccc(ONNC(c2ccccc2)c2ccccc2)cc1Cl. The van der Waals surface area contributed by atoms with Gasteiger partial charge in [-0.1, -0.05) is 77.9 Å². The number of rotatable bonds is 6. The van der Waals surface area contributed by atoms with Crippen LogP contribution in [0.3, 0.4) is 0 Å². The molecule has 0 unspecified atom stereocenters. The molecular formula is C20H16ClN3O. The summed E-state index contributed by atoms with van der Waals surface area (Å²) in [6.45, 7) is 0. The third-order valence-electron chi connectivity index (χ3n) is 3.70. The average Bonchev–Trinajstić information content (AvgIpc) is 2.67. The minimum absolute atomic E-state index is 0.0868. The molecule has 0 amide bonds. The first-order chi connectivity index (χ1) is 12.3. The Labute approximate surface area is 151 Å². The molecular weight excluding hydrogens is 334 g/mol. The van der Waals surface area contributed by atoms with Gasteiger partial charge in [-0.3, -0.25) is 0 Å². The number of nitrogens with one attached hydrogen (secondary N) is 2. The summed E-state index contributed by atoms with van der Waals surface area (Å²) in [5, 5.41) is 9.26. The normalized spacial score (nSPS) is 10.4. The predicted octanol–water partition coefficient (Wildman–Crippen LogP) is 4.39. The third-order valence-corrected chi connectivity index (χ3v) is 4.01. The van der Waals surface area contributed by atoms with Gasteiger partial charge in [0.05, 0.1) is 16.6 Å². The first kappa shape index (κ1) is 17.0. The van der Waals surface area contributed by atoms with E-state index < -0.39 is 0 Å². The molecule has 2 N–H and O–H groups in total. The molecule has 25 heavy (non-hydrogen) atoms. The quantitative estimate of drug-likeness (QED) is 0.648. The second-order valence-electron chi connectivity index (χ2n) is 5.36. The van der Waals surface area contributed by atoms with Crippen LogP contribution < -0.4 is 15.9 Å². The van der Waals surface area contributed by atoms with Crippen LogP contribution >= 0.6 is 11.6 Å². The van der Waals surface area contributed by atoms with Crippen LogP contribution in [-0.4, -0.2) is 0 Å². The first-order valence-electron chi connectivity index (χ1n) is 7.75. The second-order valence-corrected chi connectivity index (χ2v) is 5.76. The molecule has 0 fully saturated rings. The van der Waals surface area contributed by atoms with Crippen molar-refractivity contribution in [2.75, 3.05) is 0 Å². The minimum Gasteiger partial charge on any atom is -0.394 e. The molecule has 0 atom stereocenters. The average molecular weight is 350 g/mol. The van der Waals surface area contributed by atoms with Crippen LogP contribution in [0.25, 0.3) is 0 Å². The largest absolute Gasteiger partial charge is 0.394 e. The van der Waals surface area contributed by atoms with E-state index in [1.165, 1.54) is 0 Å². The summed E-state index contributed by atoms with van der Waals surface area (Å²) < 4.78 is 0. The monoisotopic (exact) mass is 349 g/mol. The number of hydrogen-bond donors (Lipinski definition) is 2. The Morgan fingerprint density at radius 1 is 0.880 bits per heavy atom. The molecule has 3 rings (SSSR count). The number of benzene rings is 3. The number of halogens is 1. The lowest BCUT2D eigenvalue weighted by molar-refractivity contribution is 0.138.